The van der Waals surface area contributed by atoms with E-state index in [0.717, 1.165) is 16.2 Å². The Morgan fingerprint density at radius 3 is 2.72 bits per heavy atom. The molecule has 4 aromatic heterocycles. The van der Waals surface area contributed by atoms with Crippen LogP contribution in [0.25, 0.3) is 27.4 Å². The third-order valence-electron chi connectivity index (χ3n) is 6.25. The maximum absolute atomic E-state index is 14.1. The minimum absolute atomic E-state index is 0.290. The topological polar surface area (TPSA) is 87.2 Å². The van der Waals surface area contributed by atoms with Gasteiger partial charge in [0, 0.05) is 30.6 Å². The molecule has 5 heterocycles. The van der Waals surface area contributed by atoms with Crippen LogP contribution in [0.2, 0.25) is 0 Å². The van der Waals surface area contributed by atoms with Crippen LogP contribution >= 0.6 is 22.7 Å². The molecule has 1 aliphatic heterocycles. The van der Waals surface area contributed by atoms with Gasteiger partial charge in [0.05, 0.1) is 31.5 Å². The number of imidazole rings is 1. The molecule has 0 bridgehead atoms. The number of aromatic nitrogens is 4. The molecule has 0 spiro atoms. The Balaban J connectivity index is 1.23. The molecule has 1 aliphatic rings. The Kier molecular flexibility index (Phi) is 5.72. The van der Waals surface area contributed by atoms with Crippen molar-refractivity contribution >= 4 is 43.7 Å². The Morgan fingerprint density at radius 1 is 1.14 bits per heavy atom. The molecular weight excluding hydrogens is 505 g/mol. The molecule has 5 aromatic rings. The van der Waals surface area contributed by atoms with E-state index in [-0.39, 0.29) is 6.61 Å². The summed E-state index contributed by atoms with van der Waals surface area (Å²) in [4.78, 5) is 12.2. The van der Waals surface area contributed by atoms with Gasteiger partial charge in [0.15, 0.2) is 10.9 Å². The van der Waals surface area contributed by atoms with Gasteiger partial charge in [-0.05, 0) is 37.2 Å². The number of hydrogen-bond donors (Lipinski definition) is 0. The van der Waals surface area contributed by atoms with Gasteiger partial charge in [-0.25, -0.2) is 18.9 Å². The lowest BCUT2D eigenvalue weighted by Crippen LogP contribution is -2.40. The Bertz CT molecular complexity index is 1500. The normalized spacial score (nSPS) is 15.6. The van der Waals surface area contributed by atoms with Gasteiger partial charge in [0.2, 0.25) is 4.96 Å². The second-order valence-electron chi connectivity index (χ2n) is 8.88. The lowest BCUT2D eigenvalue weighted by molar-refractivity contribution is 0.149. The number of fused-ring (bicyclic) bond motifs is 2. The van der Waals surface area contributed by atoms with Gasteiger partial charge in [-0.1, -0.05) is 0 Å². The van der Waals surface area contributed by atoms with Crippen molar-refractivity contribution in [1.29, 1.82) is 0 Å². The number of alkyl halides is 1. The van der Waals surface area contributed by atoms with Crippen LogP contribution < -0.4 is 19.1 Å². The molecule has 0 saturated carbocycles. The molecule has 36 heavy (non-hydrogen) atoms. The van der Waals surface area contributed by atoms with E-state index < -0.39 is 5.67 Å². The van der Waals surface area contributed by atoms with Gasteiger partial charge in [0.1, 0.15) is 35.1 Å². The summed E-state index contributed by atoms with van der Waals surface area (Å²) in [6.45, 7) is 3.30. The number of piperidine rings is 1. The highest BCUT2D eigenvalue weighted by Gasteiger charge is 2.30. The van der Waals surface area contributed by atoms with E-state index in [1.807, 2.05) is 23.6 Å². The zero-order chi connectivity index (χ0) is 24.9. The van der Waals surface area contributed by atoms with E-state index >= 15 is 0 Å². The quantitative estimate of drug-likeness (QED) is 0.270. The van der Waals surface area contributed by atoms with Crippen LogP contribution in [0.4, 0.5) is 9.52 Å². The number of rotatable bonds is 7. The molecule has 0 amide bonds. The van der Waals surface area contributed by atoms with E-state index in [0.29, 0.717) is 64.6 Å². The van der Waals surface area contributed by atoms with Gasteiger partial charge in [-0.15, -0.1) is 16.4 Å². The Morgan fingerprint density at radius 2 is 1.97 bits per heavy atom. The number of anilines is 1. The summed E-state index contributed by atoms with van der Waals surface area (Å²) in [7, 11) is 3.18. The lowest BCUT2D eigenvalue weighted by Gasteiger charge is -2.33. The highest BCUT2D eigenvalue weighted by molar-refractivity contribution is 7.18. The predicted octanol–water partition coefficient (Wildman–Crippen LogP) is 5.59. The predicted molar refractivity (Wildman–Crippen MR) is 137 cm³/mol. The van der Waals surface area contributed by atoms with Crippen LogP contribution in [0.15, 0.2) is 34.2 Å². The van der Waals surface area contributed by atoms with Crippen LogP contribution in [0, 0.1) is 0 Å². The highest BCUT2D eigenvalue weighted by Crippen LogP contribution is 2.38. The largest absolute Gasteiger partial charge is 0.496 e. The molecule has 0 unspecified atom stereocenters. The maximum Gasteiger partial charge on any atom is 0.294 e. The van der Waals surface area contributed by atoms with Crippen LogP contribution in [0.5, 0.6) is 16.7 Å². The number of benzene rings is 1. The van der Waals surface area contributed by atoms with Crippen molar-refractivity contribution in [1.82, 2.24) is 19.6 Å². The molecule has 0 N–H and O–H groups in total. The average Bonchev–Trinajstić information content (AvgIpc) is 3.64. The molecular formula is C24H24FN5O4S2. The Hall–Kier alpha value is -3.38. The average molecular weight is 530 g/mol. The molecule has 0 radical (unpaired) electrons. The van der Waals surface area contributed by atoms with Crippen LogP contribution in [0.3, 0.4) is 0 Å². The maximum atomic E-state index is 14.1. The van der Waals surface area contributed by atoms with E-state index in [2.05, 4.69) is 15.0 Å². The first kappa shape index (κ1) is 23.0. The Labute approximate surface area is 214 Å². The third-order valence-corrected chi connectivity index (χ3v) is 8.09. The van der Waals surface area contributed by atoms with Gasteiger partial charge in [-0.3, -0.25) is 0 Å². The molecule has 188 valence electrons. The number of methoxy groups -OCH3 is 2. The van der Waals surface area contributed by atoms with Crippen molar-refractivity contribution in [3.8, 4) is 28.1 Å². The number of hydrogen-bond acceptors (Lipinski definition) is 10. The number of thiazole rings is 1. The fourth-order valence-corrected chi connectivity index (χ4v) is 5.72. The summed E-state index contributed by atoms with van der Waals surface area (Å²) in [6, 6.07) is 5.56. The van der Waals surface area contributed by atoms with Gasteiger partial charge in [0.25, 0.3) is 5.19 Å². The third kappa shape index (κ3) is 4.35. The summed E-state index contributed by atoms with van der Waals surface area (Å²) in [5, 5.41) is 8.55. The van der Waals surface area contributed by atoms with Crippen molar-refractivity contribution < 1.29 is 23.0 Å². The van der Waals surface area contributed by atoms with Crippen LogP contribution in [-0.4, -0.2) is 52.6 Å². The molecule has 6 rings (SSSR count). The first-order chi connectivity index (χ1) is 17.4. The fourth-order valence-electron chi connectivity index (χ4n) is 4.15. The highest BCUT2D eigenvalue weighted by atomic mass is 32.1. The van der Waals surface area contributed by atoms with Crippen LogP contribution in [-0.2, 0) is 6.61 Å². The molecule has 9 nitrogen and oxygen atoms in total. The fraction of sp³-hybridized carbons (Fsp3) is 0.375. The molecule has 1 fully saturated rings. The number of ether oxygens (including phenoxy) is 3. The van der Waals surface area contributed by atoms with Crippen molar-refractivity contribution in [2.45, 2.75) is 32.0 Å². The second kappa shape index (κ2) is 8.93. The lowest BCUT2D eigenvalue weighted by atomic mass is 9.96. The van der Waals surface area contributed by atoms with Crippen molar-refractivity contribution in [3.05, 3.63) is 35.5 Å². The number of furan rings is 1. The molecule has 0 atom stereocenters. The minimum Gasteiger partial charge on any atom is -0.496 e. The standard InChI is InChI=1S/C24H24FN5O4S2/c1-24(25)4-6-29(7-5-24)21-26-14(13-35-21)12-33-18-8-15(31-2)9-19-16(18)10-20(34-19)17-11-30-22(27-17)36-23(28-30)32-3/h8-11,13H,4-7,12H2,1-3H3. The zero-order valence-electron chi connectivity index (χ0n) is 20.0. The van der Waals surface area contributed by atoms with E-state index in [1.54, 1.807) is 43.2 Å². The summed E-state index contributed by atoms with van der Waals surface area (Å²) < 4.78 is 38.7. The number of nitrogens with zero attached hydrogens (tertiary/aromatic N) is 5. The van der Waals surface area contributed by atoms with E-state index in [1.165, 1.54) is 11.3 Å². The number of halogens is 1. The summed E-state index contributed by atoms with van der Waals surface area (Å²) in [5.41, 5.74) is 1.02. The van der Waals surface area contributed by atoms with E-state index in [9.17, 15) is 4.39 Å². The minimum atomic E-state index is -1.09. The first-order valence-corrected chi connectivity index (χ1v) is 13.1. The van der Waals surface area contributed by atoms with Gasteiger partial charge in [-0.2, -0.15) is 0 Å². The SMILES string of the molecule is COc1cc(OCc2csc(N3CCC(C)(F)CC3)n2)c2cc(-c3cn4nc(OC)sc4n3)oc2c1. The summed E-state index contributed by atoms with van der Waals surface area (Å²) in [5.74, 6) is 1.85. The summed E-state index contributed by atoms with van der Waals surface area (Å²) >= 11 is 2.90. The van der Waals surface area contributed by atoms with Gasteiger partial charge >= 0.3 is 0 Å². The molecule has 1 aromatic carbocycles. The van der Waals surface area contributed by atoms with E-state index in [4.69, 9.17) is 23.6 Å². The smallest absolute Gasteiger partial charge is 0.294 e. The van der Waals surface area contributed by atoms with Gasteiger partial charge < -0.3 is 23.5 Å². The molecule has 12 heteroatoms. The van der Waals surface area contributed by atoms with Crippen LogP contribution in [0.1, 0.15) is 25.5 Å². The monoisotopic (exact) mass is 529 g/mol. The molecule has 1 saturated heterocycles. The second-order valence-corrected chi connectivity index (χ2v) is 10.6. The van der Waals surface area contributed by atoms with Crippen molar-refractivity contribution in [3.63, 3.8) is 0 Å². The molecule has 0 aliphatic carbocycles. The van der Waals surface area contributed by atoms with Crippen molar-refractivity contribution in [2.24, 2.45) is 0 Å². The zero-order valence-corrected chi connectivity index (χ0v) is 21.6. The summed E-state index contributed by atoms with van der Waals surface area (Å²) in [6.07, 6.45) is 2.83. The first-order valence-electron chi connectivity index (χ1n) is 11.4. The van der Waals surface area contributed by atoms with Crippen molar-refractivity contribution in [2.75, 3.05) is 32.2 Å².